The number of thiophene rings is 1. The maximum absolute atomic E-state index is 12.0. The van der Waals surface area contributed by atoms with E-state index in [9.17, 15) is 14.4 Å². The molecular formula is C13H18N2O4S. The van der Waals surface area contributed by atoms with Crippen LogP contribution in [-0.4, -0.2) is 29.4 Å². The van der Waals surface area contributed by atoms with Crippen LogP contribution < -0.4 is 10.6 Å². The maximum atomic E-state index is 12.0. The number of carbonyl (C=O) groups excluding carboxylic acids is 2. The Morgan fingerprint density at radius 1 is 1.35 bits per heavy atom. The summed E-state index contributed by atoms with van der Waals surface area (Å²) < 4.78 is 0. The van der Waals surface area contributed by atoms with Crippen molar-refractivity contribution in [2.75, 3.05) is 11.9 Å². The quantitative estimate of drug-likeness (QED) is 0.671. The van der Waals surface area contributed by atoms with Crippen molar-refractivity contribution >= 4 is 34.1 Å². The van der Waals surface area contributed by atoms with Gasteiger partial charge < -0.3 is 15.7 Å². The lowest BCUT2D eigenvalue weighted by molar-refractivity contribution is -0.137. The molecule has 0 aliphatic rings. The van der Waals surface area contributed by atoms with Crippen LogP contribution in [0.3, 0.4) is 0 Å². The van der Waals surface area contributed by atoms with Crippen LogP contribution in [0.4, 0.5) is 5.00 Å². The Hall–Kier alpha value is -1.89. The molecule has 1 rings (SSSR count). The first-order chi connectivity index (χ1) is 9.43. The van der Waals surface area contributed by atoms with Gasteiger partial charge in [0.2, 0.25) is 5.91 Å². The van der Waals surface area contributed by atoms with E-state index in [0.717, 1.165) is 4.88 Å². The Bertz CT molecular complexity index is 510. The fraction of sp³-hybridized carbons (Fsp3) is 0.462. The van der Waals surface area contributed by atoms with Gasteiger partial charge in [-0.2, -0.15) is 0 Å². The summed E-state index contributed by atoms with van der Waals surface area (Å²) in [6.07, 6.45) is 0.736. The lowest BCUT2D eigenvalue weighted by Crippen LogP contribution is -2.25. The van der Waals surface area contributed by atoms with Crippen LogP contribution in [0.15, 0.2) is 6.07 Å². The summed E-state index contributed by atoms with van der Waals surface area (Å²) in [6, 6.07) is 1.71. The molecule has 0 saturated carbocycles. The molecule has 0 radical (unpaired) electrons. The van der Waals surface area contributed by atoms with Crippen molar-refractivity contribution in [3.05, 3.63) is 16.5 Å². The SMILES string of the molecule is CCC(=O)Nc1sc(C)cc1C(=O)NCCCC(=O)O. The van der Waals surface area contributed by atoms with Gasteiger partial charge in [-0.25, -0.2) is 0 Å². The fourth-order valence-electron chi connectivity index (χ4n) is 1.53. The molecule has 0 fully saturated rings. The highest BCUT2D eigenvalue weighted by Gasteiger charge is 2.16. The molecule has 0 aliphatic carbocycles. The van der Waals surface area contributed by atoms with E-state index in [2.05, 4.69) is 10.6 Å². The minimum absolute atomic E-state index is 0.0162. The smallest absolute Gasteiger partial charge is 0.303 e. The molecule has 6 nitrogen and oxygen atoms in total. The van der Waals surface area contributed by atoms with Crippen LogP contribution >= 0.6 is 11.3 Å². The first-order valence-corrected chi connectivity index (χ1v) is 7.16. The average Bonchev–Trinajstić information content (AvgIpc) is 2.75. The zero-order valence-electron chi connectivity index (χ0n) is 11.5. The Labute approximate surface area is 121 Å². The summed E-state index contributed by atoms with van der Waals surface area (Å²) in [6.45, 7) is 3.89. The number of anilines is 1. The normalized spacial score (nSPS) is 10.1. The number of aryl methyl sites for hydroxylation is 1. The van der Waals surface area contributed by atoms with Gasteiger partial charge >= 0.3 is 5.97 Å². The molecule has 0 aromatic carbocycles. The number of rotatable bonds is 7. The molecule has 0 atom stereocenters. The number of amides is 2. The Kier molecular flexibility index (Phi) is 6.17. The molecule has 110 valence electrons. The fourth-order valence-corrected chi connectivity index (χ4v) is 2.45. The third kappa shape index (κ3) is 5.00. The molecule has 1 aromatic rings. The topological polar surface area (TPSA) is 95.5 Å². The van der Waals surface area contributed by atoms with Crippen LogP contribution in [0.1, 0.15) is 41.4 Å². The van der Waals surface area contributed by atoms with Crippen LogP contribution in [0.25, 0.3) is 0 Å². The van der Waals surface area contributed by atoms with Crippen LogP contribution in [0, 0.1) is 6.92 Å². The van der Waals surface area contributed by atoms with E-state index in [1.165, 1.54) is 11.3 Å². The van der Waals surface area contributed by atoms with E-state index in [4.69, 9.17) is 5.11 Å². The number of nitrogens with one attached hydrogen (secondary N) is 2. The highest BCUT2D eigenvalue weighted by atomic mass is 32.1. The Morgan fingerprint density at radius 3 is 2.65 bits per heavy atom. The molecule has 3 N–H and O–H groups in total. The highest BCUT2D eigenvalue weighted by Crippen LogP contribution is 2.27. The number of hydrogen-bond donors (Lipinski definition) is 3. The second-order valence-corrected chi connectivity index (χ2v) is 5.51. The molecule has 7 heteroatoms. The van der Waals surface area contributed by atoms with Crippen LogP contribution in [-0.2, 0) is 9.59 Å². The summed E-state index contributed by atoms with van der Waals surface area (Å²) in [5.41, 5.74) is 0.421. The highest BCUT2D eigenvalue weighted by molar-refractivity contribution is 7.16. The summed E-state index contributed by atoms with van der Waals surface area (Å²) in [5, 5.41) is 14.4. The molecule has 0 aliphatic heterocycles. The van der Waals surface area contributed by atoms with E-state index in [-0.39, 0.29) is 18.2 Å². The molecule has 2 amide bonds. The van der Waals surface area contributed by atoms with Crippen molar-refractivity contribution in [3.63, 3.8) is 0 Å². The van der Waals surface area contributed by atoms with Gasteiger partial charge in [0.15, 0.2) is 0 Å². The number of aliphatic carboxylic acids is 1. The first-order valence-electron chi connectivity index (χ1n) is 6.34. The summed E-state index contributed by atoms with van der Waals surface area (Å²) in [4.78, 5) is 34.7. The Balaban J connectivity index is 2.62. The lowest BCUT2D eigenvalue weighted by atomic mass is 10.2. The van der Waals surface area contributed by atoms with E-state index >= 15 is 0 Å². The third-order valence-corrected chi connectivity index (χ3v) is 3.49. The van der Waals surface area contributed by atoms with Gasteiger partial charge in [-0.3, -0.25) is 14.4 Å². The van der Waals surface area contributed by atoms with Crippen molar-refractivity contribution in [2.45, 2.75) is 33.1 Å². The van der Waals surface area contributed by atoms with Gasteiger partial charge in [0.05, 0.1) is 5.56 Å². The molecule has 0 spiro atoms. The van der Waals surface area contributed by atoms with Gasteiger partial charge in [0.1, 0.15) is 5.00 Å². The number of hydrogen-bond acceptors (Lipinski definition) is 4. The largest absolute Gasteiger partial charge is 0.481 e. The first kappa shape index (κ1) is 16.2. The zero-order chi connectivity index (χ0) is 15.1. The second-order valence-electron chi connectivity index (χ2n) is 4.25. The molecule has 0 bridgehead atoms. The number of carbonyl (C=O) groups is 3. The van der Waals surface area contributed by atoms with Crippen molar-refractivity contribution in [1.82, 2.24) is 5.32 Å². The summed E-state index contributed by atoms with van der Waals surface area (Å²) in [7, 11) is 0. The maximum Gasteiger partial charge on any atom is 0.303 e. The molecule has 0 saturated heterocycles. The molecule has 1 heterocycles. The van der Waals surface area contributed by atoms with Gasteiger partial charge in [0.25, 0.3) is 5.91 Å². The zero-order valence-corrected chi connectivity index (χ0v) is 12.3. The summed E-state index contributed by atoms with van der Waals surface area (Å²) >= 11 is 1.34. The van der Waals surface area contributed by atoms with Crippen LogP contribution in [0.5, 0.6) is 0 Å². The van der Waals surface area contributed by atoms with E-state index in [1.807, 2.05) is 6.92 Å². The minimum atomic E-state index is -0.887. The van der Waals surface area contributed by atoms with Gasteiger partial charge in [0, 0.05) is 24.3 Å². The molecule has 0 unspecified atom stereocenters. The van der Waals surface area contributed by atoms with Crippen molar-refractivity contribution in [2.24, 2.45) is 0 Å². The standard InChI is InChI=1S/C13H18N2O4S/c1-3-10(16)15-13-9(7-8(2)20-13)12(19)14-6-4-5-11(17)18/h7H,3-6H2,1-2H3,(H,14,19)(H,15,16)(H,17,18). The number of carboxylic acid groups (broad SMARTS) is 1. The molecule has 20 heavy (non-hydrogen) atoms. The average molecular weight is 298 g/mol. The summed E-state index contributed by atoms with van der Waals surface area (Å²) in [5.74, 6) is -1.33. The lowest BCUT2D eigenvalue weighted by Gasteiger charge is -2.06. The predicted molar refractivity (Wildman–Crippen MR) is 77.2 cm³/mol. The van der Waals surface area contributed by atoms with Gasteiger partial charge in [-0.15, -0.1) is 11.3 Å². The van der Waals surface area contributed by atoms with Crippen LogP contribution in [0.2, 0.25) is 0 Å². The van der Waals surface area contributed by atoms with E-state index < -0.39 is 5.97 Å². The minimum Gasteiger partial charge on any atom is -0.481 e. The van der Waals surface area contributed by atoms with Crippen molar-refractivity contribution in [1.29, 1.82) is 0 Å². The third-order valence-electron chi connectivity index (χ3n) is 2.53. The second kappa shape index (κ2) is 7.64. The van der Waals surface area contributed by atoms with Crippen molar-refractivity contribution < 1.29 is 19.5 Å². The predicted octanol–water partition coefficient (Wildman–Crippen LogP) is 2.00. The van der Waals surface area contributed by atoms with Gasteiger partial charge in [-0.1, -0.05) is 6.92 Å². The van der Waals surface area contributed by atoms with Gasteiger partial charge in [-0.05, 0) is 19.4 Å². The molecular weight excluding hydrogens is 280 g/mol. The van der Waals surface area contributed by atoms with E-state index in [1.54, 1.807) is 13.0 Å². The Morgan fingerprint density at radius 2 is 2.05 bits per heavy atom. The number of carboxylic acids is 1. The van der Waals surface area contributed by atoms with E-state index in [0.29, 0.717) is 30.0 Å². The molecule has 1 aromatic heterocycles. The monoisotopic (exact) mass is 298 g/mol. The van der Waals surface area contributed by atoms with Crippen molar-refractivity contribution in [3.8, 4) is 0 Å².